The Labute approximate surface area is 184 Å². The number of ketones is 1. The molecule has 1 atom stereocenters. The van der Waals surface area contributed by atoms with Crippen molar-refractivity contribution in [3.63, 3.8) is 0 Å². The highest BCUT2D eigenvalue weighted by atomic mass is 19.1. The maximum Gasteiger partial charge on any atom is 0.300 e. The van der Waals surface area contributed by atoms with Crippen LogP contribution in [0.15, 0.2) is 78.4 Å². The average molecular weight is 433 g/mol. The topological polar surface area (TPSA) is 76.1 Å². The van der Waals surface area contributed by atoms with Crippen molar-refractivity contribution >= 4 is 23.1 Å². The van der Waals surface area contributed by atoms with E-state index in [1.54, 1.807) is 48.5 Å². The van der Waals surface area contributed by atoms with Gasteiger partial charge >= 0.3 is 0 Å². The molecule has 1 N–H and O–H groups in total. The molecule has 1 heterocycles. The van der Waals surface area contributed by atoms with Crippen molar-refractivity contribution in [2.24, 2.45) is 0 Å². The van der Waals surface area contributed by atoms with Crippen LogP contribution in [-0.4, -0.2) is 31.0 Å². The highest BCUT2D eigenvalue weighted by Gasteiger charge is 2.48. The molecule has 1 aliphatic rings. The minimum Gasteiger partial charge on any atom is -0.507 e. The third kappa shape index (κ3) is 3.58. The van der Waals surface area contributed by atoms with Gasteiger partial charge in [-0.2, -0.15) is 0 Å². The highest BCUT2D eigenvalue weighted by Crippen LogP contribution is 2.44. The van der Waals surface area contributed by atoms with Crippen LogP contribution in [0.1, 0.15) is 17.2 Å². The van der Waals surface area contributed by atoms with Gasteiger partial charge in [-0.05, 0) is 48.5 Å². The SMILES string of the molecule is COc1ccc(/C(O)=C2/C(=O)C(=O)N(c3cccc(F)c3)C2c2ccccc2OC)cc1. The predicted octanol–water partition coefficient (Wildman–Crippen LogP) is 4.47. The van der Waals surface area contributed by atoms with E-state index in [1.807, 2.05) is 0 Å². The molecule has 1 unspecified atom stereocenters. The molecule has 1 amide bonds. The Kier molecular flexibility index (Phi) is 5.64. The van der Waals surface area contributed by atoms with Crippen molar-refractivity contribution in [2.45, 2.75) is 6.04 Å². The molecule has 4 rings (SSSR count). The zero-order valence-corrected chi connectivity index (χ0v) is 17.4. The van der Waals surface area contributed by atoms with Crippen LogP contribution < -0.4 is 14.4 Å². The van der Waals surface area contributed by atoms with Gasteiger partial charge in [0.25, 0.3) is 11.7 Å². The monoisotopic (exact) mass is 433 g/mol. The van der Waals surface area contributed by atoms with Crippen LogP contribution in [0.5, 0.6) is 11.5 Å². The molecule has 1 saturated heterocycles. The van der Waals surface area contributed by atoms with Crippen molar-refractivity contribution < 1.29 is 28.6 Å². The largest absolute Gasteiger partial charge is 0.507 e. The summed E-state index contributed by atoms with van der Waals surface area (Å²) in [7, 11) is 2.98. The number of nitrogens with zero attached hydrogens (tertiary/aromatic N) is 1. The first-order valence-corrected chi connectivity index (χ1v) is 9.80. The number of aliphatic hydroxyl groups is 1. The Morgan fingerprint density at radius 1 is 0.938 bits per heavy atom. The number of hydrogen-bond donors (Lipinski definition) is 1. The lowest BCUT2D eigenvalue weighted by Gasteiger charge is -2.26. The molecule has 0 aliphatic carbocycles. The summed E-state index contributed by atoms with van der Waals surface area (Å²) in [6, 6.07) is 17.7. The molecule has 0 radical (unpaired) electrons. The molecule has 162 valence electrons. The number of halogens is 1. The molecule has 1 aliphatic heterocycles. The molecule has 32 heavy (non-hydrogen) atoms. The van der Waals surface area contributed by atoms with Gasteiger partial charge in [0.2, 0.25) is 0 Å². The minimum absolute atomic E-state index is 0.117. The lowest BCUT2D eigenvalue weighted by Crippen LogP contribution is -2.29. The highest BCUT2D eigenvalue weighted by molar-refractivity contribution is 6.51. The summed E-state index contributed by atoms with van der Waals surface area (Å²) in [4.78, 5) is 27.4. The number of carbonyl (C=O) groups is 2. The van der Waals surface area contributed by atoms with Crippen LogP contribution in [-0.2, 0) is 9.59 Å². The zero-order valence-electron chi connectivity index (χ0n) is 17.4. The molecule has 1 fully saturated rings. The number of anilines is 1. The molecule has 3 aromatic carbocycles. The van der Waals surface area contributed by atoms with Crippen LogP contribution in [0, 0.1) is 5.82 Å². The summed E-state index contributed by atoms with van der Waals surface area (Å²) in [5.74, 6) is -1.66. The average Bonchev–Trinajstić information content (AvgIpc) is 3.09. The third-order valence-electron chi connectivity index (χ3n) is 5.33. The van der Waals surface area contributed by atoms with E-state index in [1.165, 1.54) is 43.4 Å². The van der Waals surface area contributed by atoms with Crippen LogP contribution in [0.2, 0.25) is 0 Å². The normalized spacial score (nSPS) is 17.5. The zero-order chi connectivity index (χ0) is 22.8. The van der Waals surface area contributed by atoms with E-state index in [-0.39, 0.29) is 17.0 Å². The molecular formula is C25H20FNO5. The van der Waals surface area contributed by atoms with Gasteiger partial charge < -0.3 is 14.6 Å². The van der Waals surface area contributed by atoms with Gasteiger partial charge in [-0.15, -0.1) is 0 Å². The Hall–Kier alpha value is -4.13. The first-order valence-electron chi connectivity index (χ1n) is 9.80. The number of aliphatic hydroxyl groups excluding tert-OH is 1. The fourth-order valence-electron chi connectivity index (χ4n) is 3.82. The Bertz CT molecular complexity index is 1220. The summed E-state index contributed by atoms with van der Waals surface area (Å²) >= 11 is 0. The first-order chi connectivity index (χ1) is 15.5. The van der Waals surface area contributed by atoms with Gasteiger partial charge in [0.1, 0.15) is 23.1 Å². The quantitative estimate of drug-likeness (QED) is 0.365. The van der Waals surface area contributed by atoms with Crippen LogP contribution in [0.25, 0.3) is 5.76 Å². The minimum atomic E-state index is -1.02. The maximum atomic E-state index is 14.0. The fourth-order valence-corrected chi connectivity index (χ4v) is 3.82. The summed E-state index contributed by atoms with van der Waals surface area (Å²) in [5, 5.41) is 11.1. The van der Waals surface area contributed by atoms with E-state index in [2.05, 4.69) is 0 Å². The lowest BCUT2D eigenvalue weighted by molar-refractivity contribution is -0.132. The van der Waals surface area contributed by atoms with Crippen LogP contribution >= 0.6 is 0 Å². The van der Waals surface area contributed by atoms with E-state index in [4.69, 9.17) is 9.47 Å². The molecule has 3 aromatic rings. The van der Waals surface area contributed by atoms with Crippen molar-refractivity contribution in [1.82, 2.24) is 0 Å². The summed E-state index contributed by atoms with van der Waals surface area (Å²) < 4.78 is 24.6. The van der Waals surface area contributed by atoms with Crippen molar-refractivity contribution in [3.05, 3.63) is 95.3 Å². The summed E-state index contributed by atoms with van der Waals surface area (Å²) in [6.07, 6.45) is 0. The number of carbonyl (C=O) groups excluding carboxylic acids is 2. The molecule has 0 spiro atoms. The molecule has 0 aromatic heterocycles. The van der Waals surface area contributed by atoms with E-state index in [9.17, 15) is 19.1 Å². The first kappa shape index (κ1) is 21.1. The number of ether oxygens (including phenoxy) is 2. The van der Waals surface area contributed by atoms with E-state index in [0.29, 0.717) is 22.6 Å². The summed E-state index contributed by atoms with van der Waals surface area (Å²) in [5.41, 5.74) is 0.891. The lowest BCUT2D eigenvalue weighted by atomic mass is 9.94. The van der Waals surface area contributed by atoms with Crippen molar-refractivity contribution in [1.29, 1.82) is 0 Å². The van der Waals surface area contributed by atoms with Crippen molar-refractivity contribution in [3.8, 4) is 11.5 Å². The molecule has 6 nitrogen and oxygen atoms in total. The predicted molar refractivity (Wildman–Crippen MR) is 117 cm³/mol. The van der Waals surface area contributed by atoms with Gasteiger partial charge in [-0.1, -0.05) is 24.3 Å². The van der Waals surface area contributed by atoms with E-state index in [0.717, 1.165) is 0 Å². The summed E-state index contributed by atoms with van der Waals surface area (Å²) in [6.45, 7) is 0. The maximum absolute atomic E-state index is 14.0. The molecular weight excluding hydrogens is 413 g/mol. The molecule has 0 saturated carbocycles. The number of methoxy groups -OCH3 is 2. The standard InChI is InChI=1S/C25H20FNO5/c1-31-18-12-10-15(11-13-18)23(28)21-22(19-8-3-4-9-20(19)32-2)27(25(30)24(21)29)17-7-5-6-16(26)14-17/h3-14,22,28H,1-2H3/b23-21-. The van der Waals surface area contributed by atoms with Gasteiger partial charge in [-0.25, -0.2) is 4.39 Å². The van der Waals surface area contributed by atoms with Crippen LogP contribution in [0.4, 0.5) is 10.1 Å². The van der Waals surface area contributed by atoms with Gasteiger partial charge in [-0.3, -0.25) is 14.5 Å². The second-order valence-corrected chi connectivity index (χ2v) is 7.12. The number of para-hydroxylation sites is 1. The van der Waals surface area contributed by atoms with Gasteiger partial charge in [0.05, 0.1) is 25.8 Å². The smallest absolute Gasteiger partial charge is 0.300 e. The number of benzene rings is 3. The number of amides is 1. The number of rotatable bonds is 5. The van der Waals surface area contributed by atoms with E-state index >= 15 is 0 Å². The Morgan fingerprint density at radius 2 is 1.66 bits per heavy atom. The third-order valence-corrected chi connectivity index (χ3v) is 5.33. The Balaban J connectivity index is 1.96. The fraction of sp³-hybridized carbons (Fsp3) is 0.120. The molecule has 0 bridgehead atoms. The van der Waals surface area contributed by atoms with Gasteiger partial charge in [0, 0.05) is 16.8 Å². The van der Waals surface area contributed by atoms with E-state index < -0.39 is 23.5 Å². The number of hydrogen-bond acceptors (Lipinski definition) is 5. The molecule has 7 heteroatoms. The second-order valence-electron chi connectivity index (χ2n) is 7.12. The van der Waals surface area contributed by atoms with Crippen LogP contribution in [0.3, 0.4) is 0 Å². The van der Waals surface area contributed by atoms with Gasteiger partial charge in [0.15, 0.2) is 0 Å². The second kappa shape index (κ2) is 8.55. The number of Topliss-reactive ketones (excluding diaryl/α,β-unsaturated/α-hetero) is 1. The Morgan fingerprint density at radius 3 is 2.31 bits per heavy atom. The van der Waals surface area contributed by atoms with Crippen molar-refractivity contribution in [2.75, 3.05) is 19.1 Å².